The van der Waals surface area contributed by atoms with E-state index in [1.54, 1.807) is 0 Å². The van der Waals surface area contributed by atoms with Gasteiger partial charge in [-0.3, -0.25) is 0 Å². The lowest BCUT2D eigenvalue weighted by atomic mass is 9.96. The summed E-state index contributed by atoms with van der Waals surface area (Å²) in [7, 11) is 2.25. The van der Waals surface area contributed by atoms with Crippen molar-refractivity contribution in [2.24, 2.45) is 5.92 Å². The van der Waals surface area contributed by atoms with Gasteiger partial charge in [-0.15, -0.1) is 0 Å². The van der Waals surface area contributed by atoms with Crippen LogP contribution in [0.15, 0.2) is 42.5 Å². The number of benzene rings is 2. The van der Waals surface area contributed by atoms with Gasteiger partial charge in [-0.2, -0.15) is 0 Å². The summed E-state index contributed by atoms with van der Waals surface area (Å²) in [6.45, 7) is 4.27. The molecule has 0 N–H and O–H groups in total. The third-order valence-corrected chi connectivity index (χ3v) is 4.90. The molecule has 0 aliphatic carbocycles. The minimum Gasteiger partial charge on any atom is -0.381 e. The molecule has 0 bridgehead atoms. The number of hydrogen-bond acceptors (Lipinski definition) is 2. The van der Waals surface area contributed by atoms with Crippen molar-refractivity contribution in [2.45, 2.75) is 25.7 Å². The van der Waals surface area contributed by atoms with Gasteiger partial charge in [0.1, 0.15) is 0 Å². The molecule has 22 heavy (non-hydrogen) atoms. The van der Waals surface area contributed by atoms with Crippen molar-refractivity contribution in [1.82, 2.24) is 4.90 Å². The monoisotopic (exact) mass is 297 g/mol. The Labute approximate surface area is 134 Å². The van der Waals surface area contributed by atoms with Crippen LogP contribution in [0.2, 0.25) is 0 Å². The van der Waals surface area contributed by atoms with Crippen LogP contribution in [0.3, 0.4) is 0 Å². The maximum atomic E-state index is 5.44. The van der Waals surface area contributed by atoms with Crippen molar-refractivity contribution in [3.63, 3.8) is 0 Å². The Morgan fingerprint density at radius 2 is 1.77 bits per heavy atom. The molecule has 0 aromatic heterocycles. The lowest BCUT2D eigenvalue weighted by Gasteiger charge is -2.24. The quantitative estimate of drug-likeness (QED) is 0.795. The van der Waals surface area contributed by atoms with E-state index in [0.717, 1.165) is 32.1 Å². The van der Waals surface area contributed by atoms with Crippen molar-refractivity contribution >= 4 is 10.8 Å². The molecule has 0 radical (unpaired) electrons. The van der Waals surface area contributed by atoms with Gasteiger partial charge in [0.05, 0.1) is 0 Å². The van der Waals surface area contributed by atoms with Crippen LogP contribution in [-0.4, -0.2) is 38.3 Å². The Morgan fingerprint density at radius 3 is 2.64 bits per heavy atom. The normalized spacial score (nSPS) is 16.5. The van der Waals surface area contributed by atoms with Crippen molar-refractivity contribution < 1.29 is 4.74 Å². The molecule has 0 spiro atoms. The van der Waals surface area contributed by atoms with Gasteiger partial charge < -0.3 is 9.64 Å². The predicted octanol–water partition coefficient (Wildman–Crippen LogP) is 4.13. The number of rotatable bonds is 6. The first-order valence-electron chi connectivity index (χ1n) is 8.56. The molecule has 2 aromatic carbocycles. The topological polar surface area (TPSA) is 12.5 Å². The SMILES string of the molecule is CN(CCc1cccc2ccccc12)CCC1CCOCC1. The second kappa shape index (κ2) is 7.75. The fraction of sp³-hybridized carbons (Fsp3) is 0.500. The van der Waals surface area contributed by atoms with Gasteiger partial charge in [-0.1, -0.05) is 42.5 Å². The lowest BCUT2D eigenvalue weighted by molar-refractivity contribution is 0.0611. The van der Waals surface area contributed by atoms with Crippen LogP contribution < -0.4 is 0 Å². The fourth-order valence-electron chi connectivity index (χ4n) is 3.37. The van der Waals surface area contributed by atoms with Gasteiger partial charge in [0.15, 0.2) is 0 Å². The summed E-state index contributed by atoms with van der Waals surface area (Å²) in [6.07, 6.45) is 4.94. The molecule has 1 saturated heterocycles. The zero-order chi connectivity index (χ0) is 15.2. The average molecular weight is 297 g/mol. The van der Waals surface area contributed by atoms with Crippen LogP contribution in [0.5, 0.6) is 0 Å². The van der Waals surface area contributed by atoms with Crippen molar-refractivity contribution in [1.29, 1.82) is 0 Å². The molecule has 2 heteroatoms. The average Bonchev–Trinajstić information content (AvgIpc) is 2.59. The number of nitrogens with zero attached hydrogens (tertiary/aromatic N) is 1. The van der Waals surface area contributed by atoms with Crippen LogP contribution in [-0.2, 0) is 11.2 Å². The Hall–Kier alpha value is -1.38. The van der Waals surface area contributed by atoms with Crippen LogP contribution >= 0.6 is 0 Å². The minimum absolute atomic E-state index is 0.869. The zero-order valence-corrected chi connectivity index (χ0v) is 13.6. The molecule has 1 aliphatic heterocycles. The number of likely N-dealkylation sites (N-methyl/N-ethyl adjacent to an activating group) is 1. The zero-order valence-electron chi connectivity index (χ0n) is 13.6. The summed E-state index contributed by atoms with van der Waals surface area (Å²) < 4.78 is 5.44. The minimum atomic E-state index is 0.869. The molecular weight excluding hydrogens is 270 g/mol. The fourth-order valence-corrected chi connectivity index (χ4v) is 3.37. The number of ether oxygens (including phenoxy) is 1. The van der Waals surface area contributed by atoms with E-state index in [1.807, 2.05) is 0 Å². The van der Waals surface area contributed by atoms with E-state index < -0.39 is 0 Å². The Morgan fingerprint density at radius 1 is 1.00 bits per heavy atom. The van der Waals surface area contributed by atoms with Gasteiger partial charge in [0.25, 0.3) is 0 Å². The molecule has 0 amide bonds. The second-order valence-electron chi connectivity index (χ2n) is 6.54. The first-order chi connectivity index (χ1) is 10.8. The number of fused-ring (bicyclic) bond motifs is 1. The van der Waals surface area contributed by atoms with Crippen molar-refractivity contribution in [3.8, 4) is 0 Å². The molecule has 1 fully saturated rings. The number of hydrogen-bond donors (Lipinski definition) is 0. The van der Waals surface area contributed by atoms with E-state index in [9.17, 15) is 0 Å². The standard InChI is InChI=1S/C20H27NO/c1-21(13-9-17-11-15-22-16-12-17)14-10-19-7-4-6-18-5-2-3-8-20(18)19/h2-8,17H,9-16H2,1H3. The Kier molecular flexibility index (Phi) is 5.47. The molecule has 2 aromatic rings. The van der Waals surface area contributed by atoms with Gasteiger partial charge in [-0.05, 0) is 61.5 Å². The van der Waals surface area contributed by atoms with Gasteiger partial charge in [0.2, 0.25) is 0 Å². The molecule has 0 saturated carbocycles. The molecule has 2 nitrogen and oxygen atoms in total. The highest BCUT2D eigenvalue weighted by Gasteiger charge is 2.14. The van der Waals surface area contributed by atoms with Gasteiger partial charge in [0, 0.05) is 19.8 Å². The van der Waals surface area contributed by atoms with Gasteiger partial charge >= 0.3 is 0 Å². The molecule has 3 rings (SSSR count). The third kappa shape index (κ3) is 4.08. The van der Waals surface area contributed by atoms with Crippen molar-refractivity contribution in [2.75, 3.05) is 33.4 Å². The molecule has 1 aliphatic rings. The van der Waals surface area contributed by atoms with E-state index in [4.69, 9.17) is 4.74 Å². The molecule has 118 valence electrons. The largest absolute Gasteiger partial charge is 0.381 e. The maximum Gasteiger partial charge on any atom is 0.0468 e. The van der Waals surface area contributed by atoms with Crippen LogP contribution in [0.4, 0.5) is 0 Å². The lowest BCUT2D eigenvalue weighted by Crippen LogP contribution is -2.26. The van der Waals surface area contributed by atoms with Crippen LogP contribution in [0.1, 0.15) is 24.8 Å². The van der Waals surface area contributed by atoms with Crippen LogP contribution in [0.25, 0.3) is 10.8 Å². The van der Waals surface area contributed by atoms with Gasteiger partial charge in [-0.25, -0.2) is 0 Å². The summed E-state index contributed by atoms with van der Waals surface area (Å²) in [5.41, 5.74) is 1.47. The van der Waals surface area contributed by atoms with Crippen LogP contribution in [0, 0.1) is 5.92 Å². The Balaban J connectivity index is 1.50. The van der Waals surface area contributed by atoms with E-state index in [1.165, 1.54) is 42.1 Å². The highest BCUT2D eigenvalue weighted by atomic mass is 16.5. The molecular formula is C20H27NO. The molecule has 1 heterocycles. The maximum absolute atomic E-state index is 5.44. The van der Waals surface area contributed by atoms with E-state index in [2.05, 4.69) is 54.4 Å². The first kappa shape index (κ1) is 15.5. The highest BCUT2D eigenvalue weighted by molar-refractivity contribution is 5.85. The van der Waals surface area contributed by atoms with E-state index in [0.29, 0.717) is 0 Å². The molecule has 0 unspecified atom stereocenters. The smallest absolute Gasteiger partial charge is 0.0468 e. The summed E-state index contributed by atoms with van der Waals surface area (Å²) in [5, 5.41) is 2.76. The summed E-state index contributed by atoms with van der Waals surface area (Å²) in [6, 6.07) is 15.4. The Bertz CT molecular complexity index is 584. The van der Waals surface area contributed by atoms with Crippen molar-refractivity contribution in [3.05, 3.63) is 48.0 Å². The molecule has 0 atom stereocenters. The summed E-state index contributed by atoms with van der Waals surface area (Å²) in [4.78, 5) is 2.48. The van der Waals surface area contributed by atoms with E-state index in [-0.39, 0.29) is 0 Å². The second-order valence-corrected chi connectivity index (χ2v) is 6.54. The first-order valence-corrected chi connectivity index (χ1v) is 8.56. The van der Waals surface area contributed by atoms with E-state index >= 15 is 0 Å². The summed E-state index contributed by atoms with van der Waals surface area (Å²) >= 11 is 0. The third-order valence-electron chi connectivity index (χ3n) is 4.90. The summed E-state index contributed by atoms with van der Waals surface area (Å²) in [5.74, 6) is 0.869. The highest BCUT2D eigenvalue weighted by Crippen LogP contribution is 2.20. The predicted molar refractivity (Wildman–Crippen MR) is 93.3 cm³/mol.